The van der Waals surface area contributed by atoms with Crippen LogP contribution in [-0.2, 0) is 10.0 Å². The third-order valence-corrected chi connectivity index (χ3v) is 17.3. The Morgan fingerprint density at radius 3 is 2.52 bits per heavy atom. The number of carbonyl (C=O) groups excluding carboxylic acids is 1. The fourth-order valence-corrected chi connectivity index (χ4v) is 12.9. The molecule has 1 amide bonds. The molecule has 3 aliphatic heterocycles. The zero-order valence-corrected chi connectivity index (χ0v) is 40.2. The summed E-state index contributed by atoms with van der Waals surface area (Å²) in [6.07, 6.45) is 14.0. The van der Waals surface area contributed by atoms with Crippen molar-refractivity contribution in [2.24, 2.45) is 16.7 Å². The van der Waals surface area contributed by atoms with Gasteiger partial charge in [0.25, 0.3) is 21.6 Å². The highest BCUT2D eigenvalue weighted by Crippen LogP contribution is 2.54. The Morgan fingerprint density at radius 2 is 1.78 bits per heavy atom. The van der Waals surface area contributed by atoms with Crippen LogP contribution in [0.2, 0.25) is 5.02 Å². The first kappa shape index (κ1) is 45.4. The number of ether oxygens (including phenoxy) is 2. The molecule has 67 heavy (non-hydrogen) atoms. The molecule has 0 unspecified atom stereocenters. The number of nitrogens with one attached hydrogen (secondary N) is 3. The Kier molecular flexibility index (Phi) is 11.9. The van der Waals surface area contributed by atoms with Crippen molar-refractivity contribution >= 4 is 55.6 Å². The minimum Gasteiger partial charge on any atom is -0.489 e. The smallest absolute Gasteiger partial charge is 0.297 e. The SMILES string of the molecule is CC(C)c1ccccc1[C@H]1CCCN1C1CC2(CCN(c3ccc(C(=O)NS(=O)(=O)c4cc5c(c([N+](=O)[O-])c4)N[C@@H](C4CCC(C)(C)CC4)CO5)c(Oc4cnc5[nH]cc(Cl)c5c4)c3)CC2)C1. The van der Waals surface area contributed by atoms with E-state index in [0.717, 1.165) is 69.9 Å². The van der Waals surface area contributed by atoms with Gasteiger partial charge in [0.15, 0.2) is 11.4 Å². The Bertz CT molecular complexity index is 2820. The maximum Gasteiger partial charge on any atom is 0.297 e. The molecule has 3 N–H and O–H groups in total. The summed E-state index contributed by atoms with van der Waals surface area (Å²) in [5.74, 6) is 0.236. The molecule has 14 nitrogen and oxygen atoms in total. The molecule has 2 saturated heterocycles. The van der Waals surface area contributed by atoms with Gasteiger partial charge in [-0.15, -0.1) is 0 Å². The molecule has 3 aromatic carbocycles. The highest BCUT2D eigenvalue weighted by Gasteiger charge is 2.50. The van der Waals surface area contributed by atoms with Crippen molar-refractivity contribution in [1.82, 2.24) is 19.6 Å². The molecule has 2 saturated carbocycles. The third-order valence-electron chi connectivity index (χ3n) is 15.6. The number of halogens is 1. The van der Waals surface area contributed by atoms with Gasteiger partial charge < -0.3 is 24.7 Å². The lowest BCUT2D eigenvalue weighted by Gasteiger charge is -2.56. The van der Waals surface area contributed by atoms with E-state index >= 15 is 0 Å². The van der Waals surface area contributed by atoms with Gasteiger partial charge in [0, 0.05) is 60.6 Å². The molecular formula is C51H60ClN7O7S. The van der Waals surface area contributed by atoms with Crippen LogP contribution < -0.4 is 24.4 Å². The standard InChI is InChI=1S/C51H60ClN7O7S/c1-31(2)37-8-5-6-9-38(37)43-10-7-19-58(43)34-26-51(27-34)17-20-57(21-18-51)33-11-12-39(45(22-33)66-35-23-40-41(52)29-54-48(40)53-28-35)49(60)56-67(63,64)36-24-44(59(61)62)47-46(25-36)65-30-42(55-47)32-13-15-50(3,4)16-14-32/h5-6,8-9,11-12,22-25,28-29,31-32,34,42-43,55H,7,10,13-21,26-27,30H2,1-4H3,(H,53,54)(H,56,60)/t42-,43-/m1/s1. The van der Waals surface area contributed by atoms with E-state index in [4.69, 9.17) is 21.1 Å². The Balaban J connectivity index is 0.863. The van der Waals surface area contributed by atoms with Gasteiger partial charge in [0.1, 0.15) is 23.8 Å². The van der Waals surface area contributed by atoms with Crippen LogP contribution in [0.15, 0.2) is 78.0 Å². The molecule has 0 bridgehead atoms. The van der Waals surface area contributed by atoms with Crippen LogP contribution in [0.4, 0.5) is 17.1 Å². The second-order valence-electron chi connectivity index (χ2n) is 20.8. The van der Waals surface area contributed by atoms with Gasteiger partial charge in [-0.1, -0.05) is 63.6 Å². The molecule has 5 heterocycles. The first-order valence-corrected chi connectivity index (χ1v) is 25.7. The van der Waals surface area contributed by atoms with Crippen LogP contribution in [0.1, 0.15) is 125 Å². The van der Waals surface area contributed by atoms with Gasteiger partial charge in [-0.25, -0.2) is 18.1 Å². The van der Waals surface area contributed by atoms with Crippen molar-refractivity contribution in [3.8, 4) is 17.2 Å². The topological polar surface area (TPSA) is 172 Å². The van der Waals surface area contributed by atoms with E-state index in [1.807, 2.05) is 6.07 Å². The number of nitro groups is 1. The first-order valence-electron chi connectivity index (χ1n) is 23.9. The van der Waals surface area contributed by atoms with Crippen LogP contribution in [-0.4, -0.2) is 72.4 Å². The van der Waals surface area contributed by atoms with Gasteiger partial charge >= 0.3 is 0 Å². The van der Waals surface area contributed by atoms with E-state index in [2.05, 4.69) is 81.8 Å². The maximum absolute atomic E-state index is 14.2. The third kappa shape index (κ3) is 8.94. The number of hydrogen-bond donors (Lipinski definition) is 3. The summed E-state index contributed by atoms with van der Waals surface area (Å²) in [5.41, 5.74) is 4.53. The second-order valence-corrected chi connectivity index (χ2v) is 22.9. The zero-order valence-electron chi connectivity index (χ0n) is 38.6. The number of fused-ring (bicyclic) bond motifs is 2. The van der Waals surface area contributed by atoms with Crippen LogP contribution in [0.5, 0.6) is 17.2 Å². The lowest BCUT2D eigenvalue weighted by molar-refractivity contribution is -0.384. The number of nitrogens with zero attached hydrogens (tertiary/aromatic N) is 4. The predicted octanol–water partition coefficient (Wildman–Crippen LogP) is 11.1. The van der Waals surface area contributed by atoms with Crippen LogP contribution in [0.25, 0.3) is 11.0 Å². The summed E-state index contributed by atoms with van der Waals surface area (Å²) < 4.78 is 42.6. The molecule has 16 heteroatoms. The average molecular weight is 951 g/mol. The van der Waals surface area contributed by atoms with Crippen molar-refractivity contribution in [3.63, 3.8) is 0 Å². The minimum atomic E-state index is -4.65. The molecular weight excluding hydrogens is 890 g/mol. The number of rotatable bonds is 11. The Hall–Kier alpha value is -5.38. The largest absolute Gasteiger partial charge is 0.489 e. The molecule has 4 fully saturated rings. The number of likely N-dealkylation sites (tertiary alicyclic amines) is 1. The molecule has 10 rings (SSSR count). The summed E-state index contributed by atoms with van der Waals surface area (Å²) in [7, 11) is -4.65. The fraction of sp³-hybridized carbons (Fsp3) is 0.490. The summed E-state index contributed by atoms with van der Waals surface area (Å²) in [4.78, 5) is 38.0. The van der Waals surface area contributed by atoms with Gasteiger partial charge in [0.2, 0.25) is 0 Å². The maximum atomic E-state index is 14.2. The molecule has 5 aromatic rings. The fourth-order valence-electron chi connectivity index (χ4n) is 11.7. The molecule has 5 aliphatic rings. The van der Waals surface area contributed by atoms with E-state index in [-0.39, 0.29) is 52.1 Å². The van der Waals surface area contributed by atoms with Gasteiger partial charge in [0.05, 0.1) is 32.6 Å². The van der Waals surface area contributed by atoms with Crippen molar-refractivity contribution in [3.05, 3.63) is 105 Å². The second kappa shape index (κ2) is 17.6. The number of aromatic amines is 1. The lowest BCUT2D eigenvalue weighted by Crippen LogP contribution is -2.54. The van der Waals surface area contributed by atoms with E-state index in [0.29, 0.717) is 39.8 Å². The number of amides is 1. The molecule has 2 aliphatic carbocycles. The van der Waals surface area contributed by atoms with E-state index in [9.17, 15) is 23.3 Å². The zero-order chi connectivity index (χ0) is 46.8. The monoisotopic (exact) mass is 949 g/mol. The van der Waals surface area contributed by atoms with Gasteiger partial charge in [-0.3, -0.25) is 19.8 Å². The molecule has 1 spiro atoms. The number of carbonyl (C=O) groups is 1. The number of hydrogen-bond acceptors (Lipinski definition) is 11. The summed E-state index contributed by atoms with van der Waals surface area (Å²) in [6, 6.07) is 18.9. The highest BCUT2D eigenvalue weighted by atomic mass is 35.5. The number of H-pyrrole nitrogens is 1. The molecule has 0 radical (unpaired) electrons. The lowest BCUT2D eigenvalue weighted by atomic mass is 9.59. The van der Waals surface area contributed by atoms with Crippen LogP contribution >= 0.6 is 11.6 Å². The van der Waals surface area contributed by atoms with Gasteiger partial charge in [-0.2, -0.15) is 0 Å². The normalized spacial score (nSPS) is 22.0. The molecule has 2 atom stereocenters. The van der Waals surface area contributed by atoms with Crippen molar-refractivity contribution in [2.45, 2.75) is 121 Å². The van der Waals surface area contributed by atoms with E-state index in [1.165, 1.54) is 49.1 Å². The van der Waals surface area contributed by atoms with Crippen LogP contribution in [0.3, 0.4) is 0 Å². The number of nitro benzene ring substituents is 1. The van der Waals surface area contributed by atoms with Crippen molar-refractivity contribution in [2.75, 3.05) is 36.5 Å². The molecule has 2 aromatic heterocycles. The number of aromatic nitrogens is 2. The number of sulfonamides is 1. The summed E-state index contributed by atoms with van der Waals surface area (Å²) in [5, 5.41) is 16.8. The average Bonchev–Trinajstić information content (AvgIpc) is 3.94. The Labute approximate surface area is 397 Å². The summed E-state index contributed by atoms with van der Waals surface area (Å²) >= 11 is 6.43. The summed E-state index contributed by atoms with van der Waals surface area (Å²) in [6.45, 7) is 12.1. The minimum absolute atomic E-state index is 0.0440. The quantitative estimate of drug-likeness (QED) is 0.0850. The van der Waals surface area contributed by atoms with E-state index in [1.54, 1.807) is 24.4 Å². The number of piperidine rings is 1. The van der Waals surface area contributed by atoms with E-state index < -0.39 is 31.4 Å². The molecule has 354 valence electrons. The highest BCUT2D eigenvalue weighted by molar-refractivity contribution is 7.90. The Morgan fingerprint density at radius 1 is 1.01 bits per heavy atom. The van der Waals surface area contributed by atoms with Crippen LogP contribution in [0, 0.1) is 26.9 Å². The van der Waals surface area contributed by atoms with Crippen molar-refractivity contribution in [1.29, 1.82) is 0 Å². The predicted molar refractivity (Wildman–Crippen MR) is 260 cm³/mol. The van der Waals surface area contributed by atoms with Gasteiger partial charge in [-0.05, 0) is 123 Å². The number of anilines is 2. The first-order chi connectivity index (χ1) is 32.1. The van der Waals surface area contributed by atoms with Crippen molar-refractivity contribution < 1.29 is 27.6 Å². The number of benzene rings is 3. The number of pyridine rings is 1.